The second-order valence-corrected chi connectivity index (χ2v) is 10.2. The summed E-state index contributed by atoms with van der Waals surface area (Å²) >= 11 is 12.3. The fraction of sp³-hybridized carbons (Fsp3) is 0.276. The van der Waals surface area contributed by atoms with Crippen LogP contribution in [0.5, 0.6) is 5.75 Å². The molecule has 0 amide bonds. The van der Waals surface area contributed by atoms with Crippen molar-refractivity contribution in [2.24, 2.45) is 10.4 Å². The largest absolute Gasteiger partial charge is 0.493 e. The second kappa shape index (κ2) is 10.1. The number of amidine groups is 1. The Kier molecular flexibility index (Phi) is 7.22. The van der Waals surface area contributed by atoms with Gasteiger partial charge in [0.2, 0.25) is 0 Å². The SMILES string of the molecule is CCOc1cc(C#CC(C)(C)C)ccc1C1=N[C@@H](c2ccc(Cl)cc2)[C@@H](c2ccc(Cl)cc2)N1. The first-order chi connectivity index (χ1) is 16.2. The standard InChI is InChI=1S/C29H28Cl2N2O/c1-5-34-25-18-19(16-17-29(2,3)4)6-15-24(25)28-32-26(20-7-11-22(30)12-8-20)27(33-28)21-9-13-23(31)14-10-21/h6-15,18,26-27H,5H2,1-4H3,(H,32,33)/t26-,27+. The van der Waals surface area contributed by atoms with Gasteiger partial charge in [0.1, 0.15) is 17.6 Å². The molecule has 0 radical (unpaired) electrons. The van der Waals surface area contributed by atoms with E-state index in [1.165, 1.54) is 0 Å². The van der Waals surface area contributed by atoms with E-state index in [9.17, 15) is 0 Å². The van der Waals surface area contributed by atoms with Crippen molar-refractivity contribution in [3.63, 3.8) is 0 Å². The number of halogens is 2. The molecule has 3 aromatic rings. The Morgan fingerprint density at radius 3 is 2.12 bits per heavy atom. The Morgan fingerprint density at radius 2 is 1.53 bits per heavy atom. The van der Waals surface area contributed by atoms with Crippen LogP contribution < -0.4 is 10.1 Å². The first-order valence-electron chi connectivity index (χ1n) is 11.4. The van der Waals surface area contributed by atoms with Crippen LogP contribution in [0, 0.1) is 17.3 Å². The van der Waals surface area contributed by atoms with Crippen molar-refractivity contribution in [3.05, 3.63) is 99.0 Å². The first-order valence-corrected chi connectivity index (χ1v) is 12.1. The Bertz CT molecular complexity index is 1250. The Labute approximate surface area is 212 Å². The van der Waals surface area contributed by atoms with Crippen LogP contribution in [0.4, 0.5) is 0 Å². The molecule has 3 aromatic carbocycles. The van der Waals surface area contributed by atoms with Crippen LogP contribution in [0.25, 0.3) is 0 Å². The summed E-state index contributed by atoms with van der Waals surface area (Å²) in [5.74, 6) is 8.11. The lowest BCUT2D eigenvalue weighted by atomic mass is 9.95. The average molecular weight is 491 g/mol. The summed E-state index contributed by atoms with van der Waals surface area (Å²) in [5, 5.41) is 5.05. The van der Waals surface area contributed by atoms with E-state index in [1.54, 1.807) is 0 Å². The fourth-order valence-corrected chi connectivity index (χ4v) is 4.07. The van der Waals surface area contributed by atoms with Crippen molar-refractivity contribution in [1.29, 1.82) is 0 Å². The molecule has 1 aliphatic heterocycles. The molecule has 1 aliphatic rings. The first kappa shape index (κ1) is 24.2. The Morgan fingerprint density at radius 1 is 0.912 bits per heavy atom. The monoisotopic (exact) mass is 490 g/mol. The lowest BCUT2D eigenvalue weighted by Crippen LogP contribution is -2.25. The minimum Gasteiger partial charge on any atom is -0.493 e. The average Bonchev–Trinajstić information content (AvgIpc) is 3.24. The maximum Gasteiger partial charge on any atom is 0.133 e. The van der Waals surface area contributed by atoms with Crippen LogP contribution in [0.3, 0.4) is 0 Å². The number of ether oxygens (including phenoxy) is 1. The van der Waals surface area contributed by atoms with E-state index in [1.807, 2.05) is 73.7 Å². The van der Waals surface area contributed by atoms with Gasteiger partial charge in [-0.05, 0) is 81.3 Å². The zero-order valence-electron chi connectivity index (χ0n) is 19.8. The van der Waals surface area contributed by atoms with Gasteiger partial charge in [-0.1, -0.05) is 59.3 Å². The molecule has 0 unspecified atom stereocenters. The highest BCUT2D eigenvalue weighted by molar-refractivity contribution is 6.30. The molecule has 0 bridgehead atoms. The van der Waals surface area contributed by atoms with Crippen molar-refractivity contribution in [3.8, 4) is 17.6 Å². The lowest BCUT2D eigenvalue weighted by Gasteiger charge is -2.20. The van der Waals surface area contributed by atoms with Gasteiger partial charge in [-0.15, -0.1) is 0 Å². The van der Waals surface area contributed by atoms with E-state index in [0.717, 1.165) is 33.8 Å². The van der Waals surface area contributed by atoms with Gasteiger partial charge in [0.15, 0.2) is 0 Å². The fourth-order valence-electron chi connectivity index (χ4n) is 3.82. The minimum absolute atomic E-state index is 0.0525. The molecule has 0 saturated heterocycles. The third-order valence-corrected chi connectivity index (χ3v) is 5.94. The summed E-state index contributed by atoms with van der Waals surface area (Å²) < 4.78 is 6.01. The highest BCUT2D eigenvalue weighted by Gasteiger charge is 2.32. The Hall–Kier alpha value is -2.93. The topological polar surface area (TPSA) is 33.6 Å². The van der Waals surface area contributed by atoms with E-state index in [2.05, 4.69) is 37.9 Å². The number of hydrogen-bond donors (Lipinski definition) is 1. The van der Waals surface area contributed by atoms with Crippen LogP contribution in [0.2, 0.25) is 10.0 Å². The van der Waals surface area contributed by atoms with Gasteiger partial charge >= 0.3 is 0 Å². The summed E-state index contributed by atoms with van der Waals surface area (Å²) in [6.45, 7) is 8.83. The molecule has 1 heterocycles. The summed E-state index contributed by atoms with van der Waals surface area (Å²) in [4.78, 5) is 5.11. The van der Waals surface area contributed by atoms with Crippen molar-refractivity contribution in [2.45, 2.75) is 39.8 Å². The zero-order chi connectivity index (χ0) is 24.3. The minimum atomic E-state index is -0.122. The van der Waals surface area contributed by atoms with E-state index in [-0.39, 0.29) is 17.5 Å². The van der Waals surface area contributed by atoms with E-state index < -0.39 is 0 Å². The quantitative estimate of drug-likeness (QED) is 0.373. The number of hydrogen-bond acceptors (Lipinski definition) is 3. The molecular formula is C29H28Cl2N2O. The second-order valence-electron chi connectivity index (χ2n) is 9.29. The van der Waals surface area contributed by atoms with Crippen molar-refractivity contribution < 1.29 is 4.74 Å². The molecule has 2 atom stereocenters. The number of rotatable bonds is 5. The molecule has 174 valence electrons. The number of benzene rings is 3. The molecule has 5 heteroatoms. The summed E-state index contributed by atoms with van der Waals surface area (Å²) in [6, 6.07) is 21.6. The summed E-state index contributed by atoms with van der Waals surface area (Å²) in [6.07, 6.45) is 0. The van der Waals surface area contributed by atoms with Gasteiger partial charge in [0.25, 0.3) is 0 Å². The molecule has 1 N–H and O–H groups in total. The predicted octanol–water partition coefficient (Wildman–Crippen LogP) is 7.62. The van der Waals surface area contributed by atoms with Gasteiger partial charge in [-0.2, -0.15) is 0 Å². The smallest absolute Gasteiger partial charge is 0.133 e. The maximum atomic E-state index is 6.15. The van der Waals surface area contributed by atoms with Gasteiger partial charge in [-0.25, -0.2) is 0 Å². The molecule has 0 aromatic heterocycles. The third kappa shape index (κ3) is 5.76. The lowest BCUT2D eigenvalue weighted by molar-refractivity contribution is 0.339. The zero-order valence-corrected chi connectivity index (χ0v) is 21.3. The predicted molar refractivity (Wildman–Crippen MR) is 142 cm³/mol. The van der Waals surface area contributed by atoms with Gasteiger partial charge in [0.05, 0.1) is 18.2 Å². The van der Waals surface area contributed by atoms with Crippen molar-refractivity contribution >= 4 is 29.0 Å². The molecule has 0 saturated carbocycles. The molecule has 4 rings (SSSR count). The highest BCUT2D eigenvalue weighted by atomic mass is 35.5. The molecule has 3 nitrogen and oxygen atoms in total. The van der Waals surface area contributed by atoms with Crippen molar-refractivity contribution in [1.82, 2.24) is 5.32 Å². The van der Waals surface area contributed by atoms with Crippen molar-refractivity contribution in [2.75, 3.05) is 6.61 Å². The van der Waals surface area contributed by atoms with Crippen LogP contribution >= 0.6 is 23.2 Å². The summed E-state index contributed by atoms with van der Waals surface area (Å²) in [5.41, 5.74) is 3.95. The molecule has 0 aliphatic carbocycles. The number of nitrogens with one attached hydrogen (secondary N) is 1. The molecule has 0 spiro atoms. The van der Waals surface area contributed by atoms with E-state index in [0.29, 0.717) is 16.7 Å². The number of aliphatic imine (C=N–C) groups is 1. The normalized spacial score (nSPS) is 17.4. The maximum absolute atomic E-state index is 6.15. The highest BCUT2D eigenvalue weighted by Crippen LogP contribution is 2.39. The Balaban J connectivity index is 1.75. The number of nitrogens with zero attached hydrogens (tertiary/aromatic N) is 1. The molecule has 0 fully saturated rings. The van der Waals surface area contributed by atoms with Crippen LogP contribution in [-0.2, 0) is 0 Å². The van der Waals surface area contributed by atoms with Gasteiger partial charge in [-0.3, -0.25) is 4.99 Å². The van der Waals surface area contributed by atoms with Gasteiger partial charge in [0, 0.05) is 21.0 Å². The van der Waals surface area contributed by atoms with E-state index >= 15 is 0 Å². The molecular weight excluding hydrogens is 463 g/mol. The van der Waals surface area contributed by atoms with Crippen LogP contribution in [0.15, 0.2) is 71.7 Å². The van der Waals surface area contributed by atoms with Gasteiger partial charge < -0.3 is 10.1 Å². The van der Waals surface area contributed by atoms with Crippen LogP contribution in [-0.4, -0.2) is 12.4 Å². The third-order valence-electron chi connectivity index (χ3n) is 5.44. The van der Waals surface area contributed by atoms with E-state index in [4.69, 9.17) is 32.9 Å². The van der Waals surface area contributed by atoms with Crippen LogP contribution in [0.1, 0.15) is 62.0 Å². The molecule has 34 heavy (non-hydrogen) atoms. The summed E-state index contributed by atoms with van der Waals surface area (Å²) in [7, 11) is 0.